The van der Waals surface area contributed by atoms with Gasteiger partial charge in [-0.2, -0.15) is 0 Å². The standard InChI is InChI=1S/C11H16ClNOS/c1-13-10(8-2-5-14-6-3-8)11-9(12)4-7-15-11/h4,7-8,10,13H,2-3,5-6H2,1H3. The highest BCUT2D eigenvalue weighted by molar-refractivity contribution is 7.10. The minimum atomic E-state index is 0.390. The summed E-state index contributed by atoms with van der Waals surface area (Å²) in [5.41, 5.74) is 0. The van der Waals surface area contributed by atoms with E-state index in [1.54, 1.807) is 11.3 Å². The lowest BCUT2D eigenvalue weighted by Gasteiger charge is -2.29. The lowest BCUT2D eigenvalue weighted by Crippen LogP contribution is -2.29. The van der Waals surface area contributed by atoms with E-state index in [2.05, 4.69) is 10.7 Å². The van der Waals surface area contributed by atoms with Crippen molar-refractivity contribution < 1.29 is 4.74 Å². The largest absolute Gasteiger partial charge is 0.381 e. The summed E-state index contributed by atoms with van der Waals surface area (Å²) in [6.07, 6.45) is 2.25. The van der Waals surface area contributed by atoms with Crippen molar-refractivity contribution >= 4 is 22.9 Å². The maximum Gasteiger partial charge on any atom is 0.0561 e. The molecule has 2 rings (SSSR count). The molecule has 0 aromatic carbocycles. The van der Waals surface area contributed by atoms with E-state index in [0.29, 0.717) is 12.0 Å². The van der Waals surface area contributed by atoms with E-state index in [1.165, 1.54) is 4.88 Å². The van der Waals surface area contributed by atoms with Crippen molar-refractivity contribution in [3.05, 3.63) is 21.3 Å². The fourth-order valence-corrected chi connectivity index (χ4v) is 3.53. The van der Waals surface area contributed by atoms with E-state index in [4.69, 9.17) is 16.3 Å². The number of ether oxygens (including phenoxy) is 1. The second-order valence-electron chi connectivity index (χ2n) is 3.85. The van der Waals surface area contributed by atoms with Gasteiger partial charge in [0.05, 0.1) is 5.02 Å². The minimum absolute atomic E-state index is 0.390. The molecule has 1 aromatic heterocycles. The lowest BCUT2D eigenvalue weighted by molar-refractivity contribution is 0.0550. The lowest BCUT2D eigenvalue weighted by atomic mass is 9.91. The summed E-state index contributed by atoms with van der Waals surface area (Å²) in [7, 11) is 2.01. The molecule has 1 saturated heterocycles. The van der Waals surface area contributed by atoms with E-state index < -0.39 is 0 Å². The summed E-state index contributed by atoms with van der Waals surface area (Å²) in [6.45, 7) is 1.76. The molecule has 4 heteroatoms. The fraction of sp³-hybridized carbons (Fsp3) is 0.636. The Morgan fingerprint density at radius 2 is 2.27 bits per heavy atom. The molecule has 1 aliphatic rings. The van der Waals surface area contributed by atoms with E-state index in [0.717, 1.165) is 31.1 Å². The van der Waals surface area contributed by atoms with Crippen LogP contribution >= 0.6 is 22.9 Å². The van der Waals surface area contributed by atoms with Gasteiger partial charge in [-0.1, -0.05) is 11.6 Å². The zero-order valence-corrected chi connectivity index (χ0v) is 10.4. The van der Waals surface area contributed by atoms with Crippen molar-refractivity contribution in [1.29, 1.82) is 0 Å². The van der Waals surface area contributed by atoms with Crippen LogP contribution in [0.25, 0.3) is 0 Å². The Bertz CT molecular complexity index is 309. The first-order chi connectivity index (χ1) is 7.33. The molecule has 0 saturated carbocycles. The Morgan fingerprint density at radius 1 is 1.53 bits per heavy atom. The second-order valence-corrected chi connectivity index (χ2v) is 5.20. The highest BCUT2D eigenvalue weighted by Gasteiger charge is 2.26. The molecule has 0 aliphatic carbocycles. The van der Waals surface area contributed by atoms with Crippen LogP contribution in [0.3, 0.4) is 0 Å². The monoisotopic (exact) mass is 245 g/mol. The van der Waals surface area contributed by atoms with Gasteiger partial charge < -0.3 is 10.1 Å². The molecule has 1 fully saturated rings. The Kier molecular flexibility index (Phi) is 4.03. The summed E-state index contributed by atoms with van der Waals surface area (Å²) in [6, 6.07) is 2.37. The second kappa shape index (κ2) is 5.30. The van der Waals surface area contributed by atoms with E-state index in [-0.39, 0.29) is 0 Å². The topological polar surface area (TPSA) is 21.3 Å². The van der Waals surface area contributed by atoms with Crippen LogP contribution in [0.2, 0.25) is 5.02 Å². The first-order valence-corrected chi connectivity index (χ1v) is 6.56. The highest BCUT2D eigenvalue weighted by atomic mass is 35.5. The SMILES string of the molecule is CNC(c1sccc1Cl)C1CCOCC1. The third kappa shape index (κ3) is 2.53. The fourth-order valence-electron chi connectivity index (χ4n) is 2.16. The van der Waals surface area contributed by atoms with Crippen LogP contribution in [0.5, 0.6) is 0 Å². The highest BCUT2D eigenvalue weighted by Crippen LogP contribution is 2.36. The molecule has 0 spiro atoms. The molecule has 1 atom stereocenters. The zero-order chi connectivity index (χ0) is 10.7. The van der Waals surface area contributed by atoms with Gasteiger partial charge in [0.1, 0.15) is 0 Å². The van der Waals surface area contributed by atoms with Crippen molar-refractivity contribution in [3.63, 3.8) is 0 Å². The van der Waals surface area contributed by atoms with Gasteiger partial charge >= 0.3 is 0 Å². The normalized spacial score (nSPS) is 20.4. The molecule has 1 N–H and O–H groups in total. The summed E-state index contributed by atoms with van der Waals surface area (Å²) < 4.78 is 5.38. The first kappa shape index (κ1) is 11.4. The van der Waals surface area contributed by atoms with Gasteiger partial charge in [-0.05, 0) is 37.3 Å². The number of hydrogen-bond acceptors (Lipinski definition) is 3. The first-order valence-electron chi connectivity index (χ1n) is 5.31. The number of halogens is 1. The predicted octanol–water partition coefficient (Wildman–Crippen LogP) is 3.09. The van der Waals surface area contributed by atoms with Gasteiger partial charge in [-0.15, -0.1) is 11.3 Å². The van der Waals surface area contributed by atoms with Gasteiger partial charge in [-0.25, -0.2) is 0 Å². The van der Waals surface area contributed by atoms with Crippen LogP contribution < -0.4 is 5.32 Å². The maximum atomic E-state index is 6.17. The van der Waals surface area contributed by atoms with E-state index >= 15 is 0 Å². The molecule has 0 amide bonds. The number of hydrogen-bond donors (Lipinski definition) is 1. The zero-order valence-electron chi connectivity index (χ0n) is 8.83. The van der Waals surface area contributed by atoms with Crippen LogP contribution in [0.1, 0.15) is 23.8 Å². The number of nitrogens with one attached hydrogen (secondary N) is 1. The van der Waals surface area contributed by atoms with Crippen LogP contribution in [-0.4, -0.2) is 20.3 Å². The summed E-state index contributed by atoms with van der Waals surface area (Å²) in [4.78, 5) is 1.27. The molecule has 2 nitrogen and oxygen atoms in total. The van der Waals surface area contributed by atoms with Crippen LogP contribution in [0.15, 0.2) is 11.4 Å². The minimum Gasteiger partial charge on any atom is -0.381 e. The van der Waals surface area contributed by atoms with Crippen molar-refractivity contribution in [1.82, 2.24) is 5.32 Å². The summed E-state index contributed by atoms with van der Waals surface area (Å²) in [5, 5.41) is 6.34. The van der Waals surface area contributed by atoms with E-state index in [1.807, 2.05) is 13.1 Å². The quantitative estimate of drug-likeness (QED) is 0.884. The molecule has 0 bridgehead atoms. The number of rotatable bonds is 3. The Labute approximate surface area is 99.6 Å². The molecule has 1 aliphatic heterocycles. The van der Waals surface area contributed by atoms with Crippen LogP contribution in [0, 0.1) is 5.92 Å². The third-order valence-corrected chi connectivity index (χ3v) is 4.42. The molecule has 1 unspecified atom stereocenters. The summed E-state index contributed by atoms with van der Waals surface area (Å²) in [5.74, 6) is 0.653. The van der Waals surface area contributed by atoms with Crippen LogP contribution in [0.4, 0.5) is 0 Å². The molecule has 1 aromatic rings. The number of thiophene rings is 1. The molecule has 2 heterocycles. The predicted molar refractivity (Wildman–Crippen MR) is 64.7 cm³/mol. The van der Waals surface area contributed by atoms with Gasteiger partial charge in [0.2, 0.25) is 0 Å². The Balaban J connectivity index is 2.12. The summed E-state index contributed by atoms with van der Waals surface area (Å²) >= 11 is 7.91. The average molecular weight is 246 g/mol. The van der Waals surface area contributed by atoms with Crippen molar-refractivity contribution in [2.24, 2.45) is 5.92 Å². The van der Waals surface area contributed by atoms with E-state index in [9.17, 15) is 0 Å². The maximum absolute atomic E-state index is 6.17. The van der Waals surface area contributed by atoms with Gasteiger partial charge in [0.25, 0.3) is 0 Å². The molecule has 0 radical (unpaired) electrons. The van der Waals surface area contributed by atoms with Crippen molar-refractivity contribution in [3.8, 4) is 0 Å². The van der Waals surface area contributed by atoms with Gasteiger partial charge in [0.15, 0.2) is 0 Å². The van der Waals surface area contributed by atoms with Crippen molar-refractivity contribution in [2.75, 3.05) is 20.3 Å². The van der Waals surface area contributed by atoms with Gasteiger partial charge in [0, 0.05) is 24.1 Å². The molecule has 84 valence electrons. The van der Waals surface area contributed by atoms with Crippen LogP contribution in [-0.2, 0) is 4.74 Å². The Hall–Kier alpha value is -0.0900. The third-order valence-electron chi connectivity index (χ3n) is 2.98. The van der Waals surface area contributed by atoms with Crippen molar-refractivity contribution in [2.45, 2.75) is 18.9 Å². The molecular weight excluding hydrogens is 230 g/mol. The average Bonchev–Trinajstić information content (AvgIpc) is 2.68. The van der Waals surface area contributed by atoms with Gasteiger partial charge in [-0.3, -0.25) is 0 Å². The molecular formula is C11H16ClNOS. The Morgan fingerprint density at radius 3 is 2.80 bits per heavy atom. The molecule has 15 heavy (non-hydrogen) atoms. The smallest absolute Gasteiger partial charge is 0.0561 e.